The number of ether oxygens (including phenoxy) is 1. The van der Waals surface area contributed by atoms with Gasteiger partial charge in [0.15, 0.2) is 5.60 Å². The third-order valence-corrected chi connectivity index (χ3v) is 5.10. The van der Waals surface area contributed by atoms with Crippen LogP contribution in [0.15, 0.2) is 54.6 Å². The summed E-state index contributed by atoms with van der Waals surface area (Å²) in [7, 11) is 0. The van der Waals surface area contributed by atoms with Crippen LogP contribution >= 0.6 is 0 Å². The molecule has 2 aromatic carbocycles. The highest BCUT2D eigenvalue weighted by molar-refractivity contribution is 5.87. The highest BCUT2D eigenvalue weighted by Crippen LogP contribution is 2.24. The SMILES string of the molecule is CC(C)(Oc1ccc(F)cc1)C(=O)N1CC[C@H](C(=O)NCCc2ccccc2)C1. The number of nitrogens with zero attached hydrogens (tertiary/aromatic N) is 1. The molecular formula is C23H27FN2O3. The molecule has 6 heteroatoms. The molecule has 3 rings (SSSR count). The molecule has 0 aromatic heterocycles. The minimum absolute atomic E-state index is 0.0199. The second-order valence-electron chi connectivity index (χ2n) is 7.83. The first-order valence-electron chi connectivity index (χ1n) is 9.91. The number of carbonyl (C=O) groups excluding carboxylic acids is 2. The fourth-order valence-electron chi connectivity index (χ4n) is 3.50. The van der Waals surface area contributed by atoms with E-state index in [4.69, 9.17) is 4.74 Å². The van der Waals surface area contributed by atoms with Gasteiger partial charge in [0, 0.05) is 19.6 Å². The largest absolute Gasteiger partial charge is 0.478 e. The molecule has 2 aromatic rings. The van der Waals surface area contributed by atoms with E-state index in [-0.39, 0.29) is 23.5 Å². The van der Waals surface area contributed by atoms with E-state index in [1.807, 2.05) is 30.3 Å². The van der Waals surface area contributed by atoms with Crippen molar-refractivity contribution in [2.75, 3.05) is 19.6 Å². The molecule has 1 saturated heterocycles. The second-order valence-corrected chi connectivity index (χ2v) is 7.83. The van der Waals surface area contributed by atoms with Crippen molar-refractivity contribution in [2.45, 2.75) is 32.3 Å². The summed E-state index contributed by atoms with van der Waals surface area (Å²) in [6.07, 6.45) is 1.41. The standard InChI is InChI=1S/C23H27FN2O3/c1-23(2,29-20-10-8-19(24)9-11-20)22(28)26-15-13-18(16-26)21(27)25-14-12-17-6-4-3-5-7-17/h3-11,18H,12-16H2,1-2H3,(H,25,27)/t18-/m0/s1. The third-order valence-electron chi connectivity index (χ3n) is 5.10. The van der Waals surface area contributed by atoms with Crippen molar-refractivity contribution < 1.29 is 18.7 Å². The van der Waals surface area contributed by atoms with Crippen molar-refractivity contribution >= 4 is 11.8 Å². The van der Waals surface area contributed by atoms with E-state index < -0.39 is 5.60 Å². The fraction of sp³-hybridized carbons (Fsp3) is 0.391. The van der Waals surface area contributed by atoms with Gasteiger partial charge < -0.3 is 15.0 Å². The third kappa shape index (κ3) is 5.56. The van der Waals surface area contributed by atoms with Gasteiger partial charge in [-0.2, -0.15) is 0 Å². The van der Waals surface area contributed by atoms with Gasteiger partial charge in [0.1, 0.15) is 11.6 Å². The van der Waals surface area contributed by atoms with Gasteiger partial charge in [0.05, 0.1) is 5.92 Å². The topological polar surface area (TPSA) is 58.6 Å². The summed E-state index contributed by atoms with van der Waals surface area (Å²) in [6, 6.07) is 15.6. The normalized spacial score (nSPS) is 16.5. The molecule has 0 unspecified atom stereocenters. The molecule has 1 heterocycles. The highest BCUT2D eigenvalue weighted by Gasteiger charge is 2.39. The Hall–Kier alpha value is -2.89. The summed E-state index contributed by atoms with van der Waals surface area (Å²) in [5.74, 6) is -0.340. The van der Waals surface area contributed by atoms with Gasteiger partial charge >= 0.3 is 0 Å². The first kappa shape index (κ1) is 20.8. The van der Waals surface area contributed by atoms with E-state index >= 15 is 0 Å². The molecular weight excluding hydrogens is 371 g/mol. The Bertz CT molecular complexity index is 837. The van der Waals surface area contributed by atoms with E-state index in [1.54, 1.807) is 18.7 Å². The quantitative estimate of drug-likeness (QED) is 0.779. The van der Waals surface area contributed by atoms with Crippen molar-refractivity contribution in [3.8, 4) is 5.75 Å². The van der Waals surface area contributed by atoms with Gasteiger partial charge in [-0.25, -0.2) is 4.39 Å². The molecule has 1 aliphatic rings. The van der Waals surface area contributed by atoms with Crippen LogP contribution in [-0.4, -0.2) is 41.9 Å². The number of halogens is 1. The number of rotatable bonds is 7. The number of benzene rings is 2. The van der Waals surface area contributed by atoms with Crippen molar-refractivity contribution in [2.24, 2.45) is 5.92 Å². The van der Waals surface area contributed by atoms with E-state index in [1.165, 1.54) is 29.8 Å². The molecule has 0 aliphatic carbocycles. The van der Waals surface area contributed by atoms with Gasteiger partial charge in [0.25, 0.3) is 5.91 Å². The zero-order chi connectivity index (χ0) is 20.9. The summed E-state index contributed by atoms with van der Waals surface area (Å²) in [4.78, 5) is 27.0. The predicted molar refractivity (Wildman–Crippen MR) is 109 cm³/mol. The zero-order valence-corrected chi connectivity index (χ0v) is 16.9. The summed E-state index contributed by atoms with van der Waals surface area (Å²) >= 11 is 0. The van der Waals surface area contributed by atoms with Crippen molar-refractivity contribution in [1.82, 2.24) is 10.2 Å². The molecule has 0 bridgehead atoms. The Balaban J connectivity index is 1.49. The van der Waals surface area contributed by atoms with E-state index in [2.05, 4.69) is 5.32 Å². The smallest absolute Gasteiger partial charge is 0.266 e. The number of amides is 2. The number of carbonyl (C=O) groups is 2. The molecule has 1 N–H and O–H groups in total. The first-order chi connectivity index (χ1) is 13.8. The molecule has 154 valence electrons. The lowest BCUT2D eigenvalue weighted by molar-refractivity contribution is -0.144. The van der Waals surface area contributed by atoms with Crippen LogP contribution in [-0.2, 0) is 16.0 Å². The molecule has 1 fully saturated rings. The first-order valence-corrected chi connectivity index (χ1v) is 9.91. The summed E-state index contributed by atoms with van der Waals surface area (Å²) < 4.78 is 18.8. The van der Waals surface area contributed by atoms with Crippen LogP contribution in [0.4, 0.5) is 4.39 Å². The van der Waals surface area contributed by atoms with Crippen molar-refractivity contribution in [1.29, 1.82) is 0 Å². The average Bonchev–Trinajstić information content (AvgIpc) is 3.20. The molecule has 29 heavy (non-hydrogen) atoms. The van der Waals surface area contributed by atoms with Gasteiger partial charge in [0.2, 0.25) is 5.91 Å². The Morgan fingerprint density at radius 3 is 2.52 bits per heavy atom. The van der Waals surface area contributed by atoms with E-state index in [0.29, 0.717) is 31.8 Å². The summed E-state index contributed by atoms with van der Waals surface area (Å²) in [6.45, 7) is 4.85. The minimum atomic E-state index is -1.10. The van der Waals surface area contributed by atoms with Gasteiger partial charge in [-0.05, 0) is 56.5 Å². The number of hydrogen-bond acceptors (Lipinski definition) is 3. The van der Waals surface area contributed by atoms with Crippen LogP contribution in [0.25, 0.3) is 0 Å². The number of likely N-dealkylation sites (tertiary alicyclic amines) is 1. The fourth-order valence-corrected chi connectivity index (χ4v) is 3.50. The van der Waals surface area contributed by atoms with Gasteiger partial charge in [-0.15, -0.1) is 0 Å². The number of hydrogen-bond donors (Lipinski definition) is 1. The Morgan fingerprint density at radius 1 is 1.14 bits per heavy atom. The van der Waals surface area contributed by atoms with Crippen LogP contribution in [0.5, 0.6) is 5.75 Å². The molecule has 5 nitrogen and oxygen atoms in total. The maximum Gasteiger partial charge on any atom is 0.266 e. The molecule has 0 saturated carbocycles. The Kier molecular flexibility index (Phi) is 6.52. The van der Waals surface area contributed by atoms with Crippen LogP contribution in [0.3, 0.4) is 0 Å². The molecule has 1 aliphatic heterocycles. The van der Waals surface area contributed by atoms with Gasteiger partial charge in [-0.3, -0.25) is 9.59 Å². The maximum atomic E-state index is 13.1. The maximum absolute atomic E-state index is 13.1. The van der Waals surface area contributed by atoms with E-state index in [0.717, 1.165) is 6.42 Å². The van der Waals surface area contributed by atoms with Crippen LogP contribution in [0.1, 0.15) is 25.8 Å². The lowest BCUT2D eigenvalue weighted by Crippen LogP contribution is -2.48. The predicted octanol–water partition coefficient (Wildman–Crippen LogP) is 3.19. The molecule has 2 amide bonds. The van der Waals surface area contributed by atoms with E-state index in [9.17, 15) is 14.0 Å². The van der Waals surface area contributed by atoms with Crippen molar-refractivity contribution in [3.05, 3.63) is 66.0 Å². The second kappa shape index (κ2) is 9.07. The van der Waals surface area contributed by atoms with Crippen LogP contribution < -0.4 is 10.1 Å². The average molecular weight is 398 g/mol. The highest BCUT2D eigenvalue weighted by atomic mass is 19.1. The molecule has 0 radical (unpaired) electrons. The Morgan fingerprint density at radius 2 is 1.83 bits per heavy atom. The van der Waals surface area contributed by atoms with Crippen molar-refractivity contribution in [3.63, 3.8) is 0 Å². The van der Waals surface area contributed by atoms with Gasteiger partial charge in [-0.1, -0.05) is 30.3 Å². The zero-order valence-electron chi connectivity index (χ0n) is 16.9. The summed E-state index contributed by atoms with van der Waals surface area (Å²) in [5.41, 5.74) is 0.0759. The van der Waals surface area contributed by atoms with Crippen LogP contribution in [0.2, 0.25) is 0 Å². The minimum Gasteiger partial charge on any atom is -0.478 e. The lowest BCUT2D eigenvalue weighted by atomic mass is 10.1. The molecule has 0 spiro atoms. The van der Waals surface area contributed by atoms with Crippen LogP contribution in [0, 0.1) is 11.7 Å². The monoisotopic (exact) mass is 398 g/mol. The number of nitrogens with one attached hydrogen (secondary N) is 1. The molecule has 1 atom stereocenters. The Labute approximate surface area is 170 Å². The summed E-state index contributed by atoms with van der Waals surface area (Å²) in [5, 5.41) is 2.97. The lowest BCUT2D eigenvalue weighted by Gasteiger charge is -2.30.